The van der Waals surface area contributed by atoms with Gasteiger partial charge in [0, 0.05) is 19.2 Å². The average Bonchev–Trinajstić information content (AvgIpc) is 2.60. The van der Waals surface area contributed by atoms with Crippen LogP contribution in [0.4, 0.5) is 10.1 Å². The van der Waals surface area contributed by atoms with Gasteiger partial charge in [0.05, 0.1) is 18.2 Å². The van der Waals surface area contributed by atoms with E-state index in [0.717, 1.165) is 5.56 Å². The molecule has 2 rings (SSSR count). The van der Waals surface area contributed by atoms with Crippen molar-refractivity contribution in [3.63, 3.8) is 0 Å². The van der Waals surface area contributed by atoms with E-state index in [2.05, 4.69) is 5.32 Å². The minimum absolute atomic E-state index is 0.0729. The summed E-state index contributed by atoms with van der Waals surface area (Å²) < 4.78 is 12.9. The van der Waals surface area contributed by atoms with E-state index in [4.69, 9.17) is 5.26 Å². The van der Waals surface area contributed by atoms with Crippen LogP contribution in [-0.4, -0.2) is 29.8 Å². The van der Waals surface area contributed by atoms with E-state index >= 15 is 0 Å². The van der Waals surface area contributed by atoms with Crippen molar-refractivity contribution in [2.75, 3.05) is 18.4 Å². The van der Waals surface area contributed by atoms with Gasteiger partial charge in [0.25, 0.3) is 0 Å². The fraction of sp³-hybridized carbons (Fsp3) is 0.211. The number of nitrogens with zero attached hydrogens (tertiary/aromatic N) is 2. The average molecular weight is 339 g/mol. The highest BCUT2D eigenvalue weighted by molar-refractivity contribution is 5.94. The fourth-order valence-corrected chi connectivity index (χ4v) is 2.26. The summed E-state index contributed by atoms with van der Waals surface area (Å²) in [6.07, 6.45) is 0.532. The van der Waals surface area contributed by atoms with Crippen molar-refractivity contribution in [1.29, 1.82) is 5.26 Å². The zero-order valence-corrected chi connectivity index (χ0v) is 13.8. The number of carbonyl (C=O) groups excluding carboxylic acids is 2. The molecule has 25 heavy (non-hydrogen) atoms. The molecule has 5 nitrogen and oxygen atoms in total. The lowest BCUT2D eigenvalue weighted by Gasteiger charge is -2.20. The summed E-state index contributed by atoms with van der Waals surface area (Å²) in [6.45, 7) is 1.69. The molecular weight excluding hydrogens is 321 g/mol. The standard InChI is InChI=1S/C19H18FN3O2/c1-14(24)23(11-10-15-2-6-17(20)7-3-15)13-19(25)22-18-8-4-16(12-21)5-9-18/h2-9H,10-11,13H2,1H3,(H,22,25). The maximum Gasteiger partial charge on any atom is 0.243 e. The predicted octanol–water partition coefficient (Wildman–Crippen LogP) is 2.73. The maximum absolute atomic E-state index is 12.9. The molecule has 0 aliphatic heterocycles. The zero-order valence-electron chi connectivity index (χ0n) is 13.8. The van der Waals surface area contributed by atoms with Gasteiger partial charge in [0.1, 0.15) is 5.82 Å². The summed E-state index contributed by atoms with van der Waals surface area (Å²) in [4.78, 5) is 25.3. The van der Waals surface area contributed by atoms with Crippen LogP contribution < -0.4 is 5.32 Å². The molecule has 0 aromatic heterocycles. The highest BCUT2D eigenvalue weighted by Gasteiger charge is 2.14. The first kappa shape index (κ1) is 18.1. The minimum atomic E-state index is -0.320. The number of nitriles is 1. The number of anilines is 1. The van der Waals surface area contributed by atoms with Gasteiger partial charge in [0.15, 0.2) is 0 Å². The second-order valence-corrected chi connectivity index (χ2v) is 5.55. The fourth-order valence-electron chi connectivity index (χ4n) is 2.26. The molecule has 0 aliphatic rings. The first-order valence-electron chi connectivity index (χ1n) is 7.78. The monoisotopic (exact) mass is 339 g/mol. The number of hydrogen-bond acceptors (Lipinski definition) is 3. The van der Waals surface area contributed by atoms with Crippen molar-refractivity contribution in [2.24, 2.45) is 0 Å². The van der Waals surface area contributed by atoms with E-state index in [9.17, 15) is 14.0 Å². The lowest BCUT2D eigenvalue weighted by molar-refractivity contribution is -0.132. The molecular formula is C19H18FN3O2. The van der Waals surface area contributed by atoms with Crippen LogP contribution in [0.5, 0.6) is 0 Å². The van der Waals surface area contributed by atoms with Crippen LogP contribution in [0.25, 0.3) is 0 Å². The van der Waals surface area contributed by atoms with Crippen LogP contribution in [-0.2, 0) is 16.0 Å². The topological polar surface area (TPSA) is 73.2 Å². The maximum atomic E-state index is 12.9. The Hall–Kier alpha value is -3.20. The molecule has 128 valence electrons. The van der Waals surface area contributed by atoms with E-state index in [0.29, 0.717) is 24.2 Å². The molecule has 2 aromatic carbocycles. The molecule has 2 aromatic rings. The van der Waals surface area contributed by atoms with Crippen LogP contribution in [0.2, 0.25) is 0 Å². The molecule has 0 saturated heterocycles. The number of nitrogens with one attached hydrogen (secondary N) is 1. The van der Waals surface area contributed by atoms with Crippen LogP contribution in [0.1, 0.15) is 18.1 Å². The molecule has 0 fully saturated rings. The lowest BCUT2D eigenvalue weighted by atomic mass is 10.1. The highest BCUT2D eigenvalue weighted by atomic mass is 19.1. The second-order valence-electron chi connectivity index (χ2n) is 5.55. The van der Waals surface area contributed by atoms with E-state index in [1.54, 1.807) is 36.4 Å². The van der Waals surface area contributed by atoms with Crippen molar-refractivity contribution in [1.82, 2.24) is 4.90 Å². The van der Waals surface area contributed by atoms with Gasteiger partial charge in [-0.2, -0.15) is 5.26 Å². The van der Waals surface area contributed by atoms with Crippen LogP contribution in [0.3, 0.4) is 0 Å². The number of rotatable bonds is 6. The number of halogens is 1. The summed E-state index contributed by atoms with van der Waals surface area (Å²) in [6, 6.07) is 14.5. The summed E-state index contributed by atoms with van der Waals surface area (Å²) in [5.74, 6) is -0.843. The Bertz CT molecular complexity index is 780. The van der Waals surface area contributed by atoms with E-state index in [1.807, 2.05) is 6.07 Å². The molecule has 0 unspecified atom stereocenters. The molecule has 0 bridgehead atoms. The van der Waals surface area contributed by atoms with Crippen LogP contribution >= 0.6 is 0 Å². The Morgan fingerprint density at radius 1 is 1.12 bits per heavy atom. The molecule has 0 aliphatic carbocycles. The normalized spacial score (nSPS) is 9.96. The van der Waals surface area contributed by atoms with Gasteiger partial charge in [-0.15, -0.1) is 0 Å². The summed E-state index contributed by atoms with van der Waals surface area (Å²) in [5, 5.41) is 11.4. The molecule has 6 heteroatoms. The van der Waals surface area contributed by atoms with Crippen molar-refractivity contribution in [3.8, 4) is 6.07 Å². The van der Waals surface area contributed by atoms with Crippen LogP contribution in [0, 0.1) is 17.1 Å². The van der Waals surface area contributed by atoms with Gasteiger partial charge in [-0.1, -0.05) is 12.1 Å². The Kier molecular flexibility index (Phi) is 6.24. The minimum Gasteiger partial charge on any atom is -0.333 e. The Balaban J connectivity index is 1.91. The van der Waals surface area contributed by atoms with Crippen molar-refractivity contribution >= 4 is 17.5 Å². The van der Waals surface area contributed by atoms with Crippen molar-refractivity contribution < 1.29 is 14.0 Å². The third-order valence-electron chi connectivity index (χ3n) is 3.66. The summed E-state index contributed by atoms with van der Waals surface area (Å²) in [7, 11) is 0. The summed E-state index contributed by atoms with van der Waals surface area (Å²) >= 11 is 0. The lowest BCUT2D eigenvalue weighted by Crippen LogP contribution is -2.38. The smallest absolute Gasteiger partial charge is 0.243 e. The van der Waals surface area contributed by atoms with Gasteiger partial charge < -0.3 is 10.2 Å². The second kappa shape index (κ2) is 8.60. The number of amides is 2. The SMILES string of the molecule is CC(=O)N(CCc1ccc(F)cc1)CC(=O)Nc1ccc(C#N)cc1. The van der Waals surface area contributed by atoms with Crippen molar-refractivity contribution in [3.05, 3.63) is 65.5 Å². The molecule has 2 amide bonds. The van der Waals surface area contributed by atoms with Gasteiger partial charge in [-0.25, -0.2) is 4.39 Å². The Morgan fingerprint density at radius 2 is 1.76 bits per heavy atom. The Labute approximate surface area is 145 Å². The summed E-state index contributed by atoms with van der Waals surface area (Å²) in [5.41, 5.74) is 1.95. The number of hydrogen-bond donors (Lipinski definition) is 1. The van der Waals surface area contributed by atoms with E-state index in [-0.39, 0.29) is 24.2 Å². The van der Waals surface area contributed by atoms with Crippen molar-refractivity contribution in [2.45, 2.75) is 13.3 Å². The van der Waals surface area contributed by atoms with Gasteiger partial charge >= 0.3 is 0 Å². The molecule has 1 N–H and O–H groups in total. The highest BCUT2D eigenvalue weighted by Crippen LogP contribution is 2.09. The third-order valence-corrected chi connectivity index (χ3v) is 3.66. The quantitative estimate of drug-likeness (QED) is 0.879. The molecule has 0 saturated carbocycles. The molecule has 0 heterocycles. The first-order valence-corrected chi connectivity index (χ1v) is 7.78. The number of benzene rings is 2. The zero-order chi connectivity index (χ0) is 18.2. The van der Waals surface area contributed by atoms with E-state index < -0.39 is 0 Å². The molecule has 0 spiro atoms. The largest absolute Gasteiger partial charge is 0.333 e. The number of carbonyl (C=O) groups is 2. The molecule has 0 atom stereocenters. The van der Waals surface area contributed by atoms with Gasteiger partial charge in [-0.05, 0) is 48.4 Å². The van der Waals surface area contributed by atoms with Gasteiger partial charge in [0.2, 0.25) is 11.8 Å². The van der Waals surface area contributed by atoms with E-state index in [1.165, 1.54) is 24.0 Å². The first-order chi connectivity index (χ1) is 12.0. The molecule has 0 radical (unpaired) electrons. The Morgan fingerprint density at radius 3 is 2.32 bits per heavy atom. The third kappa shape index (κ3) is 5.74. The predicted molar refractivity (Wildman–Crippen MR) is 92.1 cm³/mol. The van der Waals surface area contributed by atoms with Gasteiger partial charge in [-0.3, -0.25) is 9.59 Å². The van der Waals surface area contributed by atoms with Crippen LogP contribution in [0.15, 0.2) is 48.5 Å².